The summed E-state index contributed by atoms with van der Waals surface area (Å²) in [6, 6.07) is 3.51. The zero-order chi connectivity index (χ0) is 15.0. The number of aromatic carboxylic acids is 1. The molecule has 3 heterocycles. The van der Waals surface area contributed by atoms with Crippen LogP contribution in [0.1, 0.15) is 16.3 Å². The number of rotatable bonds is 3. The van der Waals surface area contributed by atoms with E-state index < -0.39 is 5.97 Å². The Morgan fingerprint density at radius 3 is 2.76 bits per heavy atom. The van der Waals surface area contributed by atoms with E-state index in [4.69, 9.17) is 5.73 Å². The van der Waals surface area contributed by atoms with Gasteiger partial charge in [0.2, 0.25) is 0 Å². The summed E-state index contributed by atoms with van der Waals surface area (Å²) in [5.41, 5.74) is 6.86. The standard InChI is InChI=1S/C14H19N5O2/c1-17-5-7-18(8-6-17)9-11-16-12(14(20)21)13-10(15)3-2-4-19(11)13/h2-4H,5-9,15H2,1H3,(H,20,21). The van der Waals surface area contributed by atoms with Crippen LogP contribution in [0.25, 0.3) is 5.52 Å². The van der Waals surface area contributed by atoms with Gasteiger partial charge in [0.25, 0.3) is 0 Å². The van der Waals surface area contributed by atoms with Crippen molar-refractivity contribution in [3.05, 3.63) is 29.8 Å². The first-order valence-corrected chi connectivity index (χ1v) is 6.96. The highest BCUT2D eigenvalue weighted by molar-refractivity contribution is 5.97. The minimum atomic E-state index is -1.05. The van der Waals surface area contributed by atoms with E-state index in [1.54, 1.807) is 10.5 Å². The van der Waals surface area contributed by atoms with Crippen molar-refractivity contribution in [2.24, 2.45) is 0 Å². The second kappa shape index (κ2) is 5.34. The molecule has 21 heavy (non-hydrogen) atoms. The van der Waals surface area contributed by atoms with E-state index in [-0.39, 0.29) is 5.69 Å². The lowest BCUT2D eigenvalue weighted by atomic mass is 10.3. The van der Waals surface area contributed by atoms with E-state index in [1.807, 2.05) is 12.3 Å². The first-order valence-electron chi connectivity index (χ1n) is 6.96. The lowest BCUT2D eigenvalue weighted by Crippen LogP contribution is -2.44. The fourth-order valence-corrected chi connectivity index (χ4v) is 2.69. The first-order chi connectivity index (χ1) is 10.1. The normalized spacial score (nSPS) is 17.4. The summed E-state index contributed by atoms with van der Waals surface area (Å²) in [6.07, 6.45) is 1.82. The molecule has 112 valence electrons. The molecule has 1 aliphatic rings. The van der Waals surface area contributed by atoms with Gasteiger partial charge in [0.05, 0.1) is 12.2 Å². The third-order valence-electron chi connectivity index (χ3n) is 3.93. The van der Waals surface area contributed by atoms with Crippen LogP contribution < -0.4 is 5.73 Å². The van der Waals surface area contributed by atoms with Crippen LogP contribution in [0.3, 0.4) is 0 Å². The van der Waals surface area contributed by atoms with Crippen LogP contribution in [0, 0.1) is 0 Å². The Morgan fingerprint density at radius 2 is 2.10 bits per heavy atom. The van der Waals surface area contributed by atoms with Gasteiger partial charge in [-0.1, -0.05) is 0 Å². The molecule has 2 aromatic heterocycles. The van der Waals surface area contributed by atoms with Gasteiger partial charge in [-0.2, -0.15) is 0 Å². The zero-order valence-corrected chi connectivity index (χ0v) is 12.0. The summed E-state index contributed by atoms with van der Waals surface area (Å²) >= 11 is 0. The van der Waals surface area contributed by atoms with Crippen molar-refractivity contribution in [2.45, 2.75) is 6.54 Å². The number of likely N-dealkylation sites (N-methyl/N-ethyl adjacent to an activating group) is 1. The highest BCUT2D eigenvalue weighted by Crippen LogP contribution is 2.21. The van der Waals surface area contributed by atoms with Crippen molar-refractivity contribution in [1.29, 1.82) is 0 Å². The molecule has 0 amide bonds. The maximum absolute atomic E-state index is 11.4. The summed E-state index contributed by atoms with van der Waals surface area (Å²) in [7, 11) is 2.10. The molecule has 3 rings (SSSR count). The number of carboxylic acids is 1. The van der Waals surface area contributed by atoms with Gasteiger partial charge in [-0.3, -0.25) is 9.30 Å². The number of aromatic nitrogens is 2. The Kier molecular flexibility index (Phi) is 3.52. The minimum absolute atomic E-state index is 0.0252. The van der Waals surface area contributed by atoms with E-state index in [1.165, 1.54) is 0 Å². The van der Waals surface area contributed by atoms with E-state index in [0.29, 0.717) is 17.7 Å². The molecule has 1 aliphatic heterocycles. The lowest BCUT2D eigenvalue weighted by Gasteiger charge is -2.31. The second-order valence-corrected chi connectivity index (χ2v) is 5.44. The molecule has 7 heteroatoms. The molecule has 0 aromatic carbocycles. The van der Waals surface area contributed by atoms with Crippen molar-refractivity contribution < 1.29 is 9.90 Å². The molecule has 0 aliphatic carbocycles. The van der Waals surface area contributed by atoms with Crippen molar-refractivity contribution in [3.63, 3.8) is 0 Å². The number of nitrogens with two attached hydrogens (primary N) is 1. The van der Waals surface area contributed by atoms with Crippen molar-refractivity contribution in [2.75, 3.05) is 39.0 Å². The molecule has 0 saturated carbocycles. The van der Waals surface area contributed by atoms with Gasteiger partial charge in [-0.15, -0.1) is 0 Å². The predicted molar refractivity (Wildman–Crippen MR) is 79.3 cm³/mol. The average molecular weight is 289 g/mol. The number of nitrogen functional groups attached to an aromatic ring is 1. The lowest BCUT2D eigenvalue weighted by molar-refractivity contribution is 0.0693. The summed E-state index contributed by atoms with van der Waals surface area (Å²) in [5.74, 6) is -0.325. The highest BCUT2D eigenvalue weighted by Gasteiger charge is 2.21. The average Bonchev–Trinajstić information content (AvgIpc) is 2.82. The van der Waals surface area contributed by atoms with Crippen LogP contribution in [0.4, 0.5) is 5.69 Å². The molecule has 0 bridgehead atoms. The number of pyridine rings is 1. The van der Waals surface area contributed by atoms with Crippen LogP contribution in [0.5, 0.6) is 0 Å². The van der Waals surface area contributed by atoms with Gasteiger partial charge < -0.3 is 15.7 Å². The molecule has 0 spiro atoms. The van der Waals surface area contributed by atoms with Crippen LogP contribution in [0.2, 0.25) is 0 Å². The molecule has 3 N–H and O–H groups in total. The smallest absolute Gasteiger partial charge is 0.356 e. The Labute approximate surface area is 122 Å². The second-order valence-electron chi connectivity index (χ2n) is 5.44. The molecule has 1 saturated heterocycles. The molecule has 0 unspecified atom stereocenters. The van der Waals surface area contributed by atoms with Gasteiger partial charge in [0.1, 0.15) is 11.3 Å². The van der Waals surface area contributed by atoms with Gasteiger partial charge in [0, 0.05) is 32.4 Å². The van der Waals surface area contributed by atoms with Crippen LogP contribution in [-0.2, 0) is 6.54 Å². The first kappa shape index (κ1) is 13.8. The van der Waals surface area contributed by atoms with Crippen LogP contribution in [-0.4, -0.2) is 63.5 Å². The predicted octanol–water partition coefficient (Wildman–Crippen LogP) is 0.362. The third-order valence-corrected chi connectivity index (χ3v) is 3.93. The Hall–Kier alpha value is -2.12. The summed E-state index contributed by atoms with van der Waals surface area (Å²) in [5, 5.41) is 9.31. The molecule has 2 aromatic rings. The number of hydrogen-bond acceptors (Lipinski definition) is 5. The number of fused-ring (bicyclic) bond motifs is 1. The SMILES string of the molecule is CN1CCN(Cc2nc(C(=O)O)c3c(N)cccn23)CC1. The molecule has 1 fully saturated rings. The maximum atomic E-state index is 11.4. The third kappa shape index (κ3) is 2.57. The number of imidazole rings is 1. The van der Waals surface area contributed by atoms with Crippen LogP contribution in [0.15, 0.2) is 18.3 Å². The van der Waals surface area contributed by atoms with Gasteiger partial charge in [-0.25, -0.2) is 9.78 Å². The topological polar surface area (TPSA) is 87.1 Å². The number of carbonyl (C=O) groups is 1. The molecular formula is C14H19N5O2. The zero-order valence-electron chi connectivity index (χ0n) is 12.0. The Bertz CT molecular complexity index is 673. The van der Waals surface area contributed by atoms with Gasteiger partial charge in [-0.05, 0) is 19.2 Å². The van der Waals surface area contributed by atoms with Crippen molar-refractivity contribution in [1.82, 2.24) is 19.2 Å². The van der Waals surface area contributed by atoms with Crippen molar-refractivity contribution >= 4 is 17.2 Å². The number of hydrogen-bond donors (Lipinski definition) is 2. The highest BCUT2D eigenvalue weighted by atomic mass is 16.4. The molecule has 0 radical (unpaired) electrons. The van der Waals surface area contributed by atoms with E-state index >= 15 is 0 Å². The van der Waals surface area contributed by atoms with Crippen LogP contribution >= 0.6 is 0 Å². The fraction of sp³-hybridized carbons (Fsp3) is 0.429. The summed E-state index contributed by atoms with van der Waals surface area (Å²) in [6.45, 7) is 4.56. The summed E-state index contributed by atoms with van der Waals surface area (Å²) in [4.78, 5) is 20.2. The Morgan fingerprint density at radius 1 is 1.38 bits per heavy atom. The van der Waals surface area contributed by atoms with E-state index in [0.717, 1.165) is 32.0 Å². The monoisotopic (exact) mass is 289 g/mol. The number of carboxylic acid groups (broad SMARTS) is 1. The number of piperazine rings is 1. The van der Waals surface area contributed by atoms with Crippen molar-refractivity contribution in [3.8, 4) is 0 Å². The quantitative estimate of drug-likeness (QED) is 0.848. The fourth-order valence-electron chi connectivity index (χ4n) is 2.69. The minimum Gasteiger partial charge on any atom is -0.476 e. The van der Waals surface area contributed by atoms with E-state index in [2.05, 4.69) is 21.8 Å². The van der Waals surface area contributed by atoms with E-state index in [9.17, 15) is 9.90 Å². The molecular weight excluding hydrogens is 270 g/mol. The molecule has 7 nitrogen and oxygen atoms in total. The number of anilines is 1. The number of nitrogens with zero attached hydrogens (tertiary/aromatic N) is 4. The largest absolute Gasteiger partial charge is 0.476 e. The molecule has 0 atom stereocenters. The van der Waals surface area contributed by atoms with Gasteiger partial charge >= 0.3 is 5.97 Å². The van der Waals surface area contributed by atoms with Gasteiger partial charge in [0.15, 0.2) is 5.69 Å². The maximum Gasteiger partial charge on any atom is 0.356 e. The summed E-state index contributed by atoms with van der Waals surface area (Å²) < 4.78 is 1.79. The Balaban J connectivity index is 1.95.